The number of anilines is 1. The third-order valence-electron chi connectivity index (χ3n) is 8.45. The van der Waals surface area contributed by atoms with Gasteiger partial charge in [-0.2, -0.15) is 13.2 Å². The number of carbonyl (C=O) groups is 3. The zero-order chi connectivity index (χ0) is 35.8. The van der Waals surface area contributed by atoms with E-state index >= 15 is 0 Å². The van der Waals surface area contributed by atoms with Gasteiger partial charge in [-0.3, -0.25) is 14.5 Å². The van der Waals surface area contributed by atoms with Crippen LogP contribution in [0, 0.1) is 11.2 Å². The van der Waals surface area contributed by atoms with Crippen molar-refractivity contribution in [2.24, 2.45) is 5.41 Å². The van der Waals surface area contributed by atoms with Crippen LogP contribution in [0.3, 0.4) is 0 Å². The van der Waals surface area contributed by atoms with E-state index in [1.807, 2.05) is 30.9 Å². The highest BCUT2D eigenvalue weighted by Crippen LogP contribution is 2.44. The third-order valence-corrected chi connectivity index (χ3v) is 8.45. The van der Waals surface area contributed by atoms with Gasteiger partial charge in [-0.1, -0.05) is 12.1 Å². The molecular weight excluding hydrogens is 648 g/mol. The van der Waals surface area contributed by atoms with E-state index in [0.29, 0.717) is 31.7 Å². The first-order valence-corrected chi connectivity index (χ1v) is 15.9. The van der Waals surface area contributed by atoms with Crippen molar-refractivity contribution in [1.82, 2.24) is 4.90 Å². The van der Waals surface area contributed by atoms with Crippen molar-refractivity contribution in [2.75, 3.05) is 44.9 Å². The van der Waals surface area contributed by atoms with Gasteiger partial charge in [0.1, 0.15) is 23.7 Å². The molecule has 49 heavy (non-hydrogen) atoms. The fourth-order valence-corrected chi connectivity index (χ4v) is 6.15. The molecule has 0 atom stereocenters. The summed E-state index contributed by atoms with van der Waals surface area (Å²) < 4.78 is 63.3. The number of rotatable bonds is 10. The number of carboxylic acids is 1. The first-order chi connectivity index (χ1) is 23.3. The number of benzene rings is 3. The summed E-state index contributed by atoms with van der Waals surface area (Å²) in [6.07, 6.45) is -3.94. The number of alkyl halides is 3. The molecule has 2 aliphatic rings. The lowest BCUT2D eigenvalue weighted by molar-refractivity contribution is -0.166. The summed E-state index contributed by atoms with van der Waals surface area (Å²) in [4.78, 5) is 38.4. The van der Waals surface area contributed by atoms with Gasteiger partial charge in [0, 0.05) is 25.2 Å². The standard InChI is InChI=1S/C33H37FN2O5.C3H3F3O2/c1-4-40-28-18-23(19-29(41-5-2)31(28)24-6-10-26(34)11-7-24)21-35-16-14-33(15-17-35)20-30(37)36(22-33)27-12-8-25(9-13-27)32(38)39-3;4-3(5,6)1-2(7)8/h6-13,18-19H,4-5,14-17,20-22H2,1-3H3;1H2,(H,7,8). The molecule has 2 heterocycles. The second-order valence-corrected chi connectivity index (χ2v) is 12.0. The lowest BCUT2D eigenvalue weighted by Crippen LogP contribution is -2.41. The van der Waals surface area contributed by atoms with Gasteiger partial charge in [0.25, 0.3) is 0 Å². The molecule has 1 amide bonds. The summed E-state index contributed by atoms with van der Waals surface area (Å²) in [5.74, 6) is -0.943. The molecule has 0 aromatic heterocycles. The van der Waals surface area contributed by atoms with Crippen LogP contribution in [-0.4, -0.2) is 74.0 Å². The number of ether oxygens (including phenoxy) is 3. The van der Waals surface area contributed by atoms with Crippen molar-refractivity contribution < 1.29 is 51.3 Å². The Hall–Kier alpha value is -4.65. The number of carbonyl (C=O) groups excluding carboxylic acids is 2. The molecule has 3 aromatic carbocycles. The molecule has 0 bridgehead atoms. The fourth-order valence-electron chi connectivity index (χ4n) is 6.15. The minimum absolute atomic E-state index is 0.0476. The maximum absolute atomic E-state index is 13.6. The molecule has 1 spiro atoms. The Labute approximate surface area is 282 Å². The number of methoxy groups -OCH3 is 1. The Morgan fingerprint density at radius 3 is 1.96 bits per heavy atom. The molecule has 264 valence electrons. The number of aliphatic carboxylic acids is 1. The number of halogens is 4. The first-order valence-electron chi connectivity index (χ1n) is 15.9. The topological polar surface area (TPSA) is 106 Å². The van der Waals surface area contributed by atoms with E-state index < -0.39 is 18.6 Å². The largest absolute Gasteiger partial charge is 0.493 e. The predicted octanol–water partition coefficient (Wildman–Crippen LogP) is 7.12. The van der Waals surface area contributed by atoms with Gasteiger partial charge in [-0.25, -0.2) is 9.18 Å². The number of hydrogen-bond donors (Lipinski definition) is 1. The van der Waals surface area contributed by atoms with Crippen LogP contribution < -0.4 is 14.4 Å². The molecular formula is C36H40F4N2O7. The molecule has 2 aliphatic heterocycles. The van der Waals surface area contributed by atoms with Crippen LogP contribution >= 0.6 is 0 Å². The van der Waals surface area contributed by atoms with Crippen LogP contribution in [0.5, 0.6) is 11.5 Å². The van der Waals surface area contributed by atoms with Crippen molar-refractivity contribution >= 4 is 23.5 Å². The van der Waals surface area contributed by atoms with Gasteiger partial charge >= 0.3 is 18.1 Å². The molecule has 3 aromatic rings. The van der Waals surface area contributed by atoms with Crippen LogP contribution in [0.1, 0.15) is 55.5 Å². The van der Waals surface area contributed by atoms with Crippen LogP contribution in [0.15, 0.2) is 60.7 Å². The van der Waals surface area contributed by atoms with E-state index in [9.17, 15) is 31.9 Å². The van der Waals surface area contributed by atoms with Crippen molar-refractivity contribution in [3.8, 4) is 22.6 Å². The van der Waals surface area contributed by atoms with E-state index in [4.69, 9.17) is 19.3 Å². The lowest BCUT2D eigenvalue weighted by Gasteiger charge is -2.39. The molecule has 13 heteroatoms. The molecule has 0 unspecified atom stereocenters. The molecule has 2 saturated heterocycles. The maximum atomic E-state index is 13.6. The zero-order valence-electron chi connectivity index (χ0n) is 27.6. The highest BCUT2D eigenvalue weighted by molar-refractivity contribution is 5.97. The Bertz CT molecular complexity index is 1580. The highest BCUT2D eigenvalue weighted by Gasteiger charge is 2.45. The lowest BCUT2D eigenvalue weighted by atomic mass is 9.77. The van der Waals surface area contributed by atoms with Crippen molar-refractivity contribution in [1.29, 1.82) is 0 Å². The second kappa shape index (κ2) is 16.2. The van der Waals surface area contributed by atoms with E-state index in [1.54, 1.807) is 24.3 Å². The number of amides is 1. The second-order valence-electron chi connectivity index (χ2n) is 12.0. The van der Waals surface area contributed by atoms with Crippen LogP contribution in [0.4, 0.5) is 23.2 Å². The van der Waals surface area contributed by atoms with Gasteiger partial charge in [0.2, 0.25) is 5.91 Å². The van der Waals surface area contributed by atoms with Crippen LogP contribution in [-0.2, 0) is 20.9 Å². The number of likely N-dealkylation sites (tertiary alicyclic amines) is 1. The molecule has 5 rings (SSSR count). The quantitative estimate of drug-likeness (QED) is 0.177. The molecule has 0 radical (unpaired) electrons. The van der Waals surface area contributed by atoms with Crippen molar-refractivity contribution in [3.05, 3.63) is 77.6 Å². The van der Waals surface area contributed by atoms with Crippen LogP contribution in [0.2, 0.25) is 0 Å². The fraction of sp³-hybridized carbons (Fsp3) is 0.417. The first kappa shape index (κ1) is 37.2. The monoisotopic (exact) mass is 688 g/mol. The number of piperidine rings is 1. The van der Waals surface area contributed by atoms with Gasteiger partial charge in [0.05, 0.1) is 31.5 Å². The summed E-state index contributed by atoms with van der Waals surface area (Å²) in [6, 6.07) is 17.6. The molecule has 0 saturated carbocycles. The van der Waals surface area contributed by atoms with E-state index in [1.165, 1.54) is 19.2 Å². The zero-order valence-corrected chi connectivity index (χ0v) is 27.6. The van der Waals surface area contributed by atoms with Crippen LogP contribution in [0.25, 0.3) is 11.1 Å². The summed E-state index contributed by atoms with van der Waals surface area (Å²) in [5.41, 5.74) is 4.01. The number of nitrogens with zero attached hydrogens (tertiary/aromatic N) is 2. The third kappa shape index (κ3) is 9.94. The Morgan fingerprint density at radius 1 is 0.918 bits per heavy atom. The summed E-state index contributed by atoms with van der Waals surface area (Å²) in [6.45, 7) is 8.11. The predicted molar refractivity (Wildman–Crippen MR) is 174 cm³/mol. The minimum atomic E-state index is -4.58. The summed E-state index contributed by atoms with van der Waals surface area (Å²) in [5, 5.41) is 7.53. The van der Waals surface area contributed by atoms with Gasteiger partial charge in [-0.15, -0.1) is 0 Å². The Morgan fingerprint density at radius 2 is 1.49 bits per heavy atom. The molecule has 0 aliphatic carbocycles. The number of hydrogen-bond acceptors (Lipinski definition) is 7. The van der Waals surface area contributed by atoms with E-state index in [0.717, 1.165) is 66.4 Å². The molecule has 2 fully saturated rings. The van der Waals surface area contributed by atoms with E-state index in [-0.39, 0.29) is 23.1 Å². The van der Waals surface area contributed by atoms with Gasteiger partial charge in [-0.05, 0) is 105 Å². The number of esters is 1. The maximum Gasteiger partial charge on any atom is 0.399 e. The Kier molecular flexibility index (Phi) is 12.3. The summed E-state index contributed by atoms with van der Waals surface area (Å²) in [7, 11) is 1.36. The molecule has 1 N–H and O–H groups in total. The van der Waals surface area contributed by atoms with Crippen molar-refractivity contribution in [2.45, 2.75) is 52.3 Å². The smallest absolute Gasteiger partial charge is 0.399 e. The minimum Gasteiger partial charge on any atom is -0.493 e. The van der Waals surface area contributed by atoms with Crippen molar-refractivity contribution in [3.63, 3.8) is 0 Å². The Balaban J connectivity index is 0.000000603. The molecule has 9 nitrogen and oxygen atoms in total. The average molecular weight is 689 g/mol. The summed E-state index contributed by atoms with van der Waals surface area (Å²) >= 11 is 0. The number of carboxylic acid groups (broad SMARTS) is 1. The van der Waals surface area contributed by atoms with Gasteiger partial charge in [0.15, 0.2) is 0 Å². The van der Waals surface area contributed by atoms with E-state index in [2.05, 4.69) is 17.0 Å². The normalized spacial score (nSPS) is 15.8. The SMILES string of the molecule is CCOc1cc(CN2CCC3(CC2)CC(=O)N(c2ccc(C(=O)OC)cc2)C3)cc(OCC)c1-c1ccc(F)cc1.O=C(O)CC(F)(F)F. The highest BCUT2D eigenvalue weighted by atomic mass is 19.4. The van der Waals surface area contributed by atoms with Gasteiger partial charge < -0.3 is 24.2 Å². The average Bonchev–Trinajstić information content (AvgIpc) is 3.37.